The number of halogens is 1. The van der Waals surface area contributed by atoms with Crippen LogP contribution in [0.1, 0.15) is 11.1 Å². The summed E-state index contributed by atoms with van der Waals surface area (Å²) in [6.45, 7) is 3.68. The van der Waals surface area contributed by atoms with Gasteiger partial charge in [-0.3, -0.25) is 9.36 Å². The van der Waals surface area contributed by atoms with Crippen molar-refractivity contribution in [1.82, 2.24) is 20.2 Å². The van der Waals surface area contributed by atoms with E-state index in [0.717, 1.165) is 16.8 Å². The zero-order chi connectivity index (χ0) is 24.6. The van der Waals surface area contributed by atoms with E-state index in [1.807, 2.05) is 59.2 Å². The summed E-state index contributed by atoms with van der Waals surface area (Å²) in [5.41, 5.74) is 5.46. The van der Waals surface area contributed by atoms with E-state index >= 15 is 0 Å². The normalized spacial score (nSPS) is 11.0. The summed E-state index contributed by atoms with van der Waals surface area (Å²) >= 11 is 7.31. The van der Waals surface area contributed by atoms with Crippen LogP contribution < -0.4 is 5.43 Å². The molecule has 0 aliphatic heterocycles. The molecule has 35 heavy (non-hydrogen) atoms. The molecule has 0 bridgehead atoms. The molecule has 2 N–H and O–H groups in total. The molecule has 0 aliphatic carbocycles. The standard InChI is InChI=1S/C26H22ClN5O2S/c1-2-7-18-10-6-11-20(24(18)34)16-28-29-23(33)17-35-26-31-30-25(19-8-4-3-5-9-19)32(26)22-14-12-21(27)13-15-22/h2-6,8-16,34H,1,7,17H2,(H,29,33)/b28-16+. The first-order valence-electron chi connectivity index (χ1n) is 10.7. The zero-order valence-electron chi connectivity index (χ0n) is 18.6. The Bertz CT molecular complexity index is 1350. The van der Waals surface area contributed by atoms with Crippen LogP contribution in [-0.4, -0.2) is 37.7 Å². The van der Waals surface area contributed by atoms with Gasteiger partial charge in [0.1, 0.15) is 5.75 Å². The summed E-state index contributed by atoms with van der Waals surface area (Å²) in [4.78, 5) is 12.4. The Morgan fingerprint density at radius 2 is 1.86 bits per heavy atom. The van der Waals surface area contributed by atoms with Crippen LogP contribution in [0.25, 0.3) is 17.1 Å². The Morgan fingerprint density at radius 1 is 1.09 bits per heavy atom. The van der Waals surface area contributed by atoms with Crippen molar-refractivity contribution in [2.75, 3.05) is 5.75 Å². The van der Waals surface area contributed by atoms with Crippen molar-refractivity contribution >= 4 is 35.5 Å². The first-order valence-corrected chi connectivity index (χ1v) is 12.1. The molecule has 0 aliphatic rings. The lowest BCUT2D eigenvalue weighted by Crippen LogP contribution is -2.20. The number of nitrogens with one attached hydrogen (secondary N) is 1. The van der Waals surface area contributed by atoms with E-state index in [1.165, 1.54) is 18.0 Å². The van der Waals surface area contributed by atoms with E-state index in [4.69, 9.17) is 11.6 Å². The third-order valence-electron chi connectivity index (χ3n) is 4.99. The van der Waals surface area contributed by atoms with Crippen LogP contribution in [0.15, 0.2) is 95.7 Å². The minimum Gasteiger partial charge on any atom is -0.507 e. The van der Waals surface area contributed by atoms with Gasteiger partial charge in [-0.25, -0.2) is 5.43 Å². The van der Waals surface area contributed by atoms with E-state index in [1.54, 1.807) is 24.3 Å². The van der Waals surface area contributed by atoms with Crippen LogP contribution in [-0.2, 0) is 11.2 Å². The Kier molecular flexibility index (Phi) is 7.97. The predicted octanol–water partition coefficient (Wildman–Crippen LogP) is 5.26. The highest BCUT2D eigenvalue weighted by molar-refractivity contribution is 7.99. The number of hydrogen-bond donors (Lipinski definition) is 2. The third-order valence-corrected chi connectivity index (χ3v) is 6.17. The second kappa shape index (κ2) is 11.5. The number of thioether (sulfide) groups is 1. The number of aromatic nitrogens is 3. The Labute approximate surface area is 212 Å². The number of nitrogens with zero attached hydrogens (tertiary/aromatic N) is 4. The number of carbonyl (C=O) groups is 1. The summed E-state index contributed by atoms with van der Waals surface area (Å²) in [5, 5.41) is 24.1. The molecule has 0 saturated heterocycles. The molecule has 4 aromatic rings. The average molecular weight is 504 g/mol. The molecule has 1 aromatic heterocycles. The molecule has 0 fully saturated rings. The average Bonchev–Trinajstić information content (AvgIpc) is 3.30. The first kappa shape index (κ1) is 24.3. The van der Waals surface area contributed by atoms with Crippen molar-refractivity contribution in [3.05, 3.63) is 102 Å². The number of para-hydroxylation sites is 1. The molecule has 176 valence electrons. The fraction of sp³-hybridized carbons (Fsp3) is 0.0769. The number of allylic oxidation sites excluding steroid dienone is 1. The van der Waals surface area contributed by atoms with E-state index in [0.29, 0.717) is 28.0 Å². The van der Waals surface area contributed by atoms with E-state index in [2.05, 4.69) is 27.3 Å². The quantitative estimate of drug-likeness (QED) is 0.140. The number of aromatic hydroxyl groups is 1. The number of rotatable bonds is 9. The van der Waals surface area contributed by atoms with E-state index < -0.39 is 0 Å². The number of benzene rings is 3. The lowest BCUT2D eigenvalue weighted by molar-refractivity contribution is -0.118. The van der Waals surface area contributed by atoms with Gasteiger partial charge in [0.25, 0.3) is 5.91 Å². The van der Waals surface area contributed by atoms with Crippen molar-refractivity contribution in [3.8, 4) is 22.8 Å². The Hall–Kier alpha value is -3.88. The Balaban J connectivity index is 1.48. The molecule has 1 amide bonds. The number of hydrogen-bond acceptors (Lipinski definition) is 6. The SMILES string of the molecule is C=CCc1cccc(/C=N/NC(=O)CSc2nnc(-c3ccccc3)n2-c2ccc(Cl)cc2)c1O. The second-order valence-electron chi connectivity index (χ2n) is 7.41. The van der Waals surface area contributed by atoms with Crippen LogP contribution >= 0.6 is 23.4 Å². The summed E-state index contributed by atoms with van der Waals surface area (Å²) in [5.74, 6) is 0.522. The molecule has 7 nitrogen and oxygen atoms in total. The number of phenolic OH excluding ortho intramolecular Hbond substituents is 1. The molecular weight excluding hydrogens is 482 g/mol. The maximum Gasteiger partial charge on any atom is 0.250 e. The maximum absolute atomic E-state index is 12.4. The molecule has 0 radical (unpaired) electrons. The highest BCUT2D eigenvalue weighted by Crippen LogP contribution is 2.28. The minimum atomic E-state index is -0.320. The van der Waals surface area contributed by atoms with Gasteiger partial charge in [-0.05, 0) is 42.3 Å². The van der Waals surface area contributed by atoms with E-state index in [-0.39, 0.29) is 17.4 Å². The Morgan fingerprint density at radius 3 is 2.60 bits per heavy atom. The molecule has 9 heteroatoms. The van der Waals surface area contributed by atoms with Crippen molar-refractivity contribution in [1.29, 1.82) is 0 Å². The van der Waals surface area contributed by atoms with Gasteiger partial charge in [0.2, 0.25) is 0 Å². The summed E-state index contributed by atoms with van der Waals surface area (Å²) in [6, 6.07) is 22.4. The van der Waals surface area contributed by atoms with Crippen LogP contribution in [0.2, 0.25) is 5.02 Å². The van der Waals surface area contributed by atoms with Gasteiger partial charge in [0.15, 0.2) is 11.0 Å². The van der Waals surface area contributed by atoms with Crippen LogP contribution in [0.5, 0.6) is 5.75 Å². The monoisotopic (exact) mass is 503 g/mol. The van der Waals surface area contributed by atoms with Crippen LogP contribution in [0.3, 0.4) is 0 Å². The highest BCUT2D eigenvalue weighted by atomic mass is 35.5. The lowest BCUT2D eigenvalue weighted by Gasteiger charge is -2.10. The number of hydrazone groups is 1. The topological polar surface area (TPSA) is 92.4 Å². The number of amides is 1. The molecule has 3 aromatic carbocycles. The highest BCUT2D eigenvalue weighted by Gasteiger charge is 2.17. The smallest absolute Gasteiger partial charge is 0.250 e. The fourth-order valence-corrected chi connectivity index (χ4v) is 4.20. The summed E-state index contributed by atoms with van der Waals surface area (Å²) in [6.07, 6.45) is 3.66. The van der Waals surface area contributed by atoms with Crippen molar-refractivity contribution in [2.24, 2.45) is 5.10 Å². The van der Waals surface area contributed by atoms with Gasteiger partial charge >= 0.3 is 0 Å². The summed E-state index contributed by atoms with van der Waals surface area (Å²) < 4.78 is 1.88. The van der Waals surface area contributed by atoms with Crippen molar-refractivity contribution in [2.45, 2.75) is 11.6 Å². The number of carbonyl (C=O) groups excluding carboxylic acids is 1. The van der Waals surface area contributed by atoms with Crippen molar-refractivity contribution in [3.63, 3.8) is 0 Å². The van der Waals surface area contributed by atoms with Gasteiger partial charge in [0, 0.05) is 21.8 Å². The van der Waals surface area contributed by atoms with Gasteiger partial charge in [-0.2, -0.15) is 5.10 Å². The predicted molar refractivity (Wildman–Crippen MR) is 140 cm³/mol. The van der Waals surface area contributed by atoms with Gasteiger partial charge in [0.05, 0.1) is 12.0 Å². The maximum atomic E-state index is 12.4. The molecule has 0 atom stereocenters. The third kappa shape index (κ3) is 5.98. The second-order valence-corrected chi connectivity index (χ2v) is 8.79. The molecule has 1 heterocycles. The molecule has 4 rings (SSSR count). The zero-order valence-corrected chi connectivity index (χ0v) is 20.2. The molecular formula is C26H22ClN5O2S. The van der Waals surface area contributed by atoms with Crippen LogP contribution in [0.4, 0.5) is 0 Å². The van der Waals surface area contributed by atoms with E-state index in [9.17, 15) is 9.90 Å². The van der Waals surface area contributed by atoms with Crippen molar-refractivity contribution < 1.29 is 9.90 Å². The van der Waals surface area contributed by atoms with Gasteiger partial charge < -0.3 is 5.11 Å². The summed E-state index contributed by atoms with van der Waals surface area (Å²) in [7, 11) is 0. The largest absolute Gasteiger partial charge is 0.507 e. The molecule has 0 unspecified atom stereocenters. The fourth-order valence-electron chi connectivity index (χ4n) is 3.33. The van der Waals surface area contributed by atoms with Gasteiger partial charge in [-0.15, -0.1) is 16.8 Å². The number of phenols is 1. The lowest BCUT2D eigenvalue weighted by atomic mass is 10.1. The molecule has 0 saturated carbocycles. The minimum absolute atomic E-state index is 0.0698. The first-order chi connectivity index (χ1) is 17.1. The van der Waals surface area contributed by atoms with Gasteiger partial charge in [-0.1, -0.05) is 71.9 Å². The van der Waals surface area contributed by atoms with Crippen LogP contribution in [0, 0.1) is 0 Å². The molecule has 0 spiro atoms.